The molecule has 8 heteroatoms. The van der Waals surface area contributed by atoms with Crippen LogP contribution in [0.5, 0.6) is 0 Å². The molecule has 0 bridgehead atoms. The molecule has 0 saturated heterocycles. The van der Waals surface area contributed by atoms with Crippen LogP contribution in [0.3, 0.4) is 0 Å². The molecule has 1 aliphatic rings. The fraction of sp³-hybridized carbons (Fsp3) is 0.222. The molecule has 26 heavy (non-hydrogen) atoms. The SMILES string of the molecule is O=C(NCC1(O)CCc2ccccc21)C(=O)Nc1ccc([N+](=O)[O-])cc1. The van der Waals surface area contributed by atoms with Gasteiger partial charge in [-0.2, -0.15) is 0 Å². The van der Waals surface area contributed by atoms with Crippen LogP contribution in [0.1, 0.15) is 17.5 Å². The zero-order valence-electron chi connectivity index (χ0n) is 13.8. The number of nitro groups is 1. The Morgan fingerprint density at radius 2 is 1.81 bits per heavy atom. The number of aliphatic hydroxyl groups is 1. The molecular weight excluding hydrogens is 338 g/mol. The first kappa shape index (κ1) is 17.6. The van der Waals surface area contributed by atoms with Gasteiger partial charge >= 0.3 is 11.8 Å². The number of nitrogens with one attached hydrogen (secondary N) is 2. The predicted octanol–water partition coefficient (Wildman–Crippen LogP) is 1.48. The first-order valence-corrected chi connectivity index (χ1v) is 8.03. The van der Waals surface area contributed by atoms with E-state index in [0.717, 1.165) is 11.1 Å². The van der Waals surface area contributed by atoms with Crippen molar-refractivity contribution in [3.05, 3.63) is 69.8 Å². The standard InChI is InChI=1S/C18H17N3O5/c22-16(17(23)20-13-5-7-14(8-6-13)21(25)26)19-11-18(24)10-9-12-3-1-2-4-15(12)18/h1-8,24H,9-11H2,(H,19,22)(H,20,23). The third-order valence-electron chi connectivity index (χ3n) is 4.41. The van der Waals surface area contributed by atoms with Gasteiger partial charge in [-0.15, -0.1) is 0 Å². The summed E-state index contributed by atoms with van der Waals surface area (Å²) in [6, 6.07) is 12.6. The van der Waals surface area contributed by atoms with E-state index in [1.807, 2.05) is 24.3 Å². The van der Waals surface area contributed by atoms with Crippen LogP contribution in [-0.2, 0) is 21.6 Å². The highest BCUT2D eigenvalue weighted by atomic mass is 16.6. The van der Waals surface area contributed by atoms with Crippen molar-refractivity contribution < 1.29 is 19.6 Å². The molecule has 3 N–H and O–H groups in total. The second kappa shape index (κ2) is 6.93. The van der Waals surface area contributed by atoms with Crippen molar-refractivity contribution >= 4 is 23.2 Å². The molecule has 0 radical (unpaired) electrons. The highest BCUT2D eigenvalue weighted by Crippen LogP contribution is 2.36. The molecule has 0 heterocycles. The summed E-state index contributed by atoms with van der Waals surface area (Å²) in [6.45, 7) is -0.0729. The maximum absolute atomic E-state index is 12.0. The van der Waals surface area contributed by atoms with Gasteiger partial charge in [-0.25, -0.2) is 0 Å². The summed E-state index contributed by atoms with van der Waals surface area (Å²) in [6.07, 6.45) is 1.17. The average molecular weight is 355 g/mol. The van der Waals surface area contributed by atoms with Crippen molar-refractivity contribution in [2.24, 2.45) is 0 Å². The lowest BCUT2D eigenvalue weighted by Gasteiger charge is -2.24. The molecule has 1 atom stereocenters. The number of hydrogen-bond acceptors (Lipinski definition) is 5. The van der Waals surface area contributed by atoms with Crippen molar-refractivity contribution in [2.45, 2.75) is 18.4 Å². The highest BCUT2D eigenvalue weighted by Gasteiger charge is 2.37. The summed E-state index contributed by atoms with van der Waals surface area (Å²) in [7, 11) is 0. The zero-order chi connectivity index (χ0) is 18.7. The summed E-state index contributed by atoms with van der Waals surface area (Å²) >= 11 is 0. The van der Waals surface area contributed by atoms with E-state index >= 15 is 0 Å². The Hall–Kier alpha value is -3.26. The van der Waals surface area contributed by atoms with Gasteiger partial charge < -0.3 is 15.7 Å². The summed E-state index contributed by atoms with van der Waals surface area (Å²) in [5.41, 5.74) is 0.741. The molecule has 1 aliphatic carbocycles. The third-order valence-corrected chi connectivity index (χ3v) is 4.41. The average Bonchev–Trinajstić information content (AvgIpc) is 2.98. The van der Waals surface area contributed by atoms with Crippen LogP contribution in [0.2, 0.25) is 0 Å². The van der Waals surface area contributed by atoms with Crippen molar-refractivity contribution in [3.63, 3.8) is 0 Å². The topological polar surface area (TPSA) is 122 Å². The van der Waals surface area contributed by atoms with Gasteiger partial charge in [0.1, 0.15) is 5.60 Å². The summed E-state index contributed by atoms with van der Waals surface area (Å²) < 4.78 is 0. The molecule has 2 aromatic carbocycles. The van der Waals surface area contributed by atoms with Gasteiger partial charge in [-0.3, -0.25) is 19.7 Å². The molecule has 0 aliphatic heterocycles. The van der Waals surface area contributed by atoms with Gasteiger partial charge in [0.25, 0.3) is 5.69 Å². The summed E-state index contributed by atoms with van der Waals surface area (Å²) in [4.78, 5) is 34.0. The second-order valence-corrected chi connectivity index (χ2v) is 6.13. The Balaban J connectivity index is 1.58. The van der Waals surface area contributed by atoms with Gasteiger partial charge in [0, 0.05) is 17.8 Å². The van der Waals surface area contributed by atoms with Gasteiger partial charge in [0.2, 0.25) is 0 Å². The fourth-order valence-corrected chi connectivity index (χ4v) is 3.01. The van der Waals surface area contributed by atoms with Crippen LogP contribution in [0.4, 0.5) is 11.4 Å². The number of carbonyl (C=O) groups excluding carboxylic acids is 2. The number of non-ortho nitro benzene ring substituents is 1. The largest absolute Gasteiger partial charge is 0.383 e. The Morgan fingerprint density at radius 1 is 1.12 bits per heavy atom. The lowest BCUT2D eigenvalue weighted by Crippen LogP contribution is -2.43. The number of aryl methyl sites for hydroxylation is 1. The number of hydrogen-bond donors (Lipinski definition) is 3. The third kappa shape index (κ3) is 3.55. The van der Waals surface area contributed by atoms with Gasteiger partial charge in [-0.05, 0) is 36.1 Å². The minimum absolute atomic E-state index is 0.0729. The van der Waals surface area contributed by atoms with E-state index < -0.39 is 22.3 Å². The quantitative estimate of drug-likeness (QED) is 0.436. The van der Waals surface area contributed by atoms with E-state index in [1.54, 1.807) is 0 Å². The molecule has 2 amide bonds. The van der Waals surface area contributed by atoms with Crippen LogP contribution in [0.25, 0.3) is 0 Å². The summed E-state index contributed by atoms with van der Waals surface area (Å²) in [5, 5.41) is 26.1. The van der Waals surface area contributed by atoms with Crippen LogP contribution in [0, 0.1) is 10.1 Å². The Bertz CT molecular complexity index is 865. The minimum Gasteiger partial charge on any atom is -0.383 e. The van der Waals surface area contributed by atoms with Crippen molar-refractivity contribution in [3.8, 4) is 0 Å². The first-order valence-electron chi connectivity index (χ1n) is 8.03. The molecule has 0 spiro atoms. The van der Waals surface area contributed by atoms with Crippen LogP contribution in [0.15, 0.2) is 48.5 Å². The van der Waals surface area contributed by atoms with Crippen LogP contribution in [-0.4, -0.2) is 28.4 Å². The molecule has 0 aromatic heterocycles. The molecule has 8 nitrogen and oxygen atoms in total. The van der Waals surface area contributed by atoms with E-state index in [-0.39, 0.29) is 17.9 Å². The highest BCUT2D eigenvalue weighted by molar-refractivity contribution is 6.39. The normalized spacial score (nSPS) is 18.0. The van der Waals surface area contributed by atoms with E-state index in [2.05, 4.69) is 10.6 Å². The maximum Gasteiger partial charge on any atom is 0.313 e. The van der Waals surface area contributed by atoms with Gasteiger partial charge in [0.05, 0.1) is 11.5 Å². The number of carbonyl (C=O) groups is 2. The number of fused-ring (bicyclic) bond motifs is 1. The molecular formula is C18H17N3O5. The molecule has 3 rings (SSSR count). The zero-order valence-corrected chi connectivity index (χ0v) is 13.8. The minimum atomic E-state index is -1.19. The Labute approximate surface area is 149 Å². The second-order valence-electron chi connectivity index (χ2n) is 6.13. The molecule has 1 unspecified atom stereocenters. The lowest BCUT2D eigenvalue weighted by molar-refractivity contribution is -0.384. The number of nitrogens with zero attached hydrogens (tertiary/aromatic N) is 1. The van der Waals surface area contributed by atoms with Crippen molar-refractivity contribution in [2.75, 3.05) is 11.9 Å². The molecule has 2 aromatic rings. The molecule has 134 valence electrons. The van der Waals surface area contributed by atoms with E-state index in [9.17, 15) is 24.8 Å². The Morgan fingerprint density at radius 3 is 2.50 bits per heavy atom. The van der Waals surface area contributed by atoms with Crippen molar-refractivity contribution in [1.29, 1.82) is 0 Å². The van der Waals surface area contributed by atoms with E-state index in [4.69, 9.17) is 0 Å². The van der Waals surface area contributed by atoms with Crippen LogP contribution >= 0.6 is 0 Å². The number of rotatable bonds is 4. The monoisotopic (exact) mass is 355 g/mol. The van der Waals surface area contributed by atoms with Gasteiger partial charge in [-0.1, -0.05) is 24.3 Å². The van der Waals surface area contributed by atoms with Crippen LogP contribution < -0.4 is 10.6 Å². The Kier molecular flexibility index (Phi) is 4.68. The van der Waals surface area contributed by atoms with Gasteiger partial charge in [0.15, 0.2) is 0 Å². The van der Waals surface area contributed by atoms with E-state index in [1.165, 1.54) is 24.3 Å². The summed E-state index contributed by atoms with van der Waals surface area (Å²) in [5.74, 6) is -1.80. The first-order chi connectivity index (χ1) is 12.4. The predicted molar refractivity (Wildman–Crippen MR) is 93.4 cm³/mol. The number of benzene rings is 2. The molecule has 0 fully saturated rings. The molecule has 0 saturated carbocycles. The van der Waals surface area contributed by atoms with Crippen molar-refractivity contribution in [1.82, 2.24) is 5.32 Å². The maximum atomic E-state index is 12.0. The number of anilines is 1. The fourth-order valence-electron chi connectivity index (χ4n) is 3.01. The lowest BCUT2D eigenvalue weighted by atomic mass is 9.96. The number of amides is 2. The number of nitro benzene ring substituents is 1. The van der Waals surface area contributed by atoms with E-state index in [0.29, 0.717) is 12.8 Å². The smallest absolute Gasteiger partial charge is 0.313 e.